The van der Waals surface area contributed by atoms with Crippen molar-refractivity contribution in [2.24, 2.45) is 11.5 Å². The van der Waals surface area contributed by atoms with Gasteiger partial charge in [0.05, 0.1) is 24.7 Å². The number of aromatic carboxylic acids is 2. The Labute approximate surface area is 428 Å². The number of hydrogen-bond acceptors (Lipinski definition) is 18. The first-order valence-electron chi connectivity index (χ1n) is 21.0. The van der Waals surface area contributed by atoms with Crippen LogP contribution in [0.15, 0.2) is 24.3 Å². The molecule has 2 saturated heterocycles. The summed E-state index contributed by atoms with van der Waals surface area (Å²) in [6.45, 7) is 1.04. The van der Waals surface area contributed by atoms with Gasteiger partial charge in [-0.3, -0.25) is 19.4 Å². The standard InChI is InChI=1S/2C20H31BN3O8.2Na/c2*1-20(22,12-30-10-16(25)23(2)3)11-24-8-14(9-24)31-15-5-4-13-6-7-21(28,29)32-18(13)17(15)19(26)27;;/h2*4-5,14,28-29H,6-12,22H2,1-3H3,(H,26,27);;/q2*-1;2*+1. The number of aryl methyl sites for hydroxylation is 2. The van der Waals surface area contributed by atoms with Gasteiger partial charge in [-0.2, -0.15) is 0 Å². The van der Waals surface area contributed by atoms with Gasteiger partial charge in [-0.1, -0.05) is 24.8 Å². The molecule has 4 heterocycles. The van der Waals surface area contributed by atoms with Crippen molar-refractivity contribution in [3.63, 3.8) is 0 Å². The summed E-state index contributed by atoms with van der Waals surface area (Å²) in [5.74, 6) is -2.67. The second-order valence-corrected chi connectivity index (χ2v) is 18.2. The molecule has 26 heteroatoms. The number of likely N-dealkylation sites (N-methyl/N-ethyl adjacent to an activating group) is 2. The zero-order chi connectivity index (χ0) is 47.4. The van der Waals surface area contributed by atoms with Crippen molar-refractivity contribution >= 4 is 37.3 Å². The Hall–Kier alpha value is -2.75. The third-order valence-corrected chi connectivity index (χ3v) is 10.9. The molecule has 6 rings (SSSR count). The summed E-state index contributed by atoms with van der Waals surface area (Å²) in [6.07, 6.45) is 0.124. The molecule has 0 saturated carbocycles. The van der Waals surface area contributed by atoms with Crippen LogP contribution in [0.1, 0.15) is 45.7 Å². The molecule has 2 fully saturated rings. The van der Waals surface area contributed by atoms with Gasteiger partial charge in [-0.15, -0.1) is 0 Å². The molecule has 0 spiro atoms. The van der Waals surface area contributed by atoms with Crippen LogP contribution < -0.4 is 89.4 Å². The Morgan fingerprint density at radius 2 is 1.00 bits per heavy atom. The van der Waals surface area contributed by atoms with E-state index >= 15 is 0 Å². The number of rotatable bonds is 18. The van der Waals surface area contributed by atoms with Crippen molar-refractivity contribution < 1.29 is 137 Å². The molecule has 2 aromatic carbocycles. The predicted octanol–water partition coefficient (Wildman–Crippen LogP) is -7.74. The second-order valence-electron chi connectivity index (χ2n) is 18.2. The van der Waals surface area contributed by atoms with E-state index in [-0.39, 0.29) is 156 Å². The van der Waals surface area contributed by atoms with Crippen molar-refractivity contribution in [1.82, 2.24) is 19.6 Å². The number of carboxylic acids is 2. The molecule has 356 valence electrons. The predicted molar refractivity (Wildman–Crippen MR) is 231 cm³/mol. The first-order chi connectivity index (χ1) is 29.7. The van der Waals surface area contributed by atoms with Crippen LogP contribution in [0.5, 0.6) is 23.0 Å². The van der Waals surface area contributed by atoms with E-state index in [1.165, 1.54) is 9.80 Å². The molecule has 0 radical (unpaired) electrons. The molecule has 0 aromatic heterocycles. The maximum atomic E-state index is 11.9. The molecule has 4 aliphatic heterocycles. The normalized spacial score (nSPS) is 19.2. The fourth-order valence-corrected chi connectivity index (χ4v) is 7.59. The Kier molecular flexibility index (Phi) is 20.7. The summed E-state index contributed by atoms with van der Waals surface area (Å²) in [4.78, 5) is 53.9. The van der Waals surface area contributed by atoms with Crippen LogP contribution in [0.3, 0.4) is 0 Å². The Balaban J connectivity index is 0.000000340. The number of fused-ring (bicyclic) bond motifs is 2. The van der Waals surface area contributed by atoms with Gasteiger partial charge in [0, 0.05) is 78.5 Å². The van der Waals surface area contributed by atoms with Gasteiger partial charge >= 0.3 is 84.6 Å². The second kappa shape index (κ2) is 23.7. The molecule has 2 atom stereocenters. The van der Waals surface area contributed by atoms with Crippen molar-refractivity contribution in [1.29, 1.82) is 0 Å². The molecule has 0 aliphatic carbocycles. The number of amides is 2. The largest absolute Gasteiger partial charge is 1.00 e. The van der Waals surface area contributed by atoms with E-state index in [1.54, 1.807) is 52.5 Å². The van der Waals surface area contributed by atoms with E-state index in [0.717, 1.165) is 0 Å². The van der Waals surface area contributed by atoms with Gasteiger partial charge in [0.2, 0.25) is 11.8 Å². The molecule has 0 bridgehead atoms. The maximum absolute atomic E-state index is 11.9. The minimum absolute atomic E-state index is 0. The van der Waals surface area contributed by atoms with Gasteiger partial charge in [0.1, 0.15) is 48.0 Å². The van der Waals surface area contributed by atoms with Crippen molar-refractivity contribution in [3.05, 3.63) is 46.5 Å². The molecule has 2 aromatic rings. The first kappa shape index (κ1) is 57.6. The summed E-state index contributed by atoms with van der Waals surface area (Å²) in [7, 11) is 6.62. The Bertz CT molecular complexity index is 1900. The van der Waals surface area contributed by atoms with Crippen LogP contribution in [0.4, 0.5) is 0 Å². The summed E-state index contributed by atoms with van der Waals surface area (Å²) in [5.41, 5.74) is 12.0. The average molecular weight is 951 g/mol. The number of nitrogens with zero attached hydrogens (tertiary/aromatic N) is 4. The zero-order valence-electron chi connectivity index (χ0n) is 39.2. The van der Waals surface area contributed by atoms with Crippen LogP contribution in [-0.2, 0) is 31.9 Å². The Morgan fingerprint density at radius 1 is 0.667 bits per heavy atom. The van der Waals surface area contributed by atoms with Gasteiger partial charge in [0.25, 0.3) is 0 Å². The van der Waals surface area contributed by atoms with Crippen molar-refractivity contribution in [3.8, 4) is 23.0 Å². The van der Waals surface area contributed by atoms with Crippen molar-refractivity contribution in [2.75, 3.05) is 93.9 Å². The SMILES string of the molecule is CN(C)C(=O)COCC(C)(N)CN1CC(Oc2ccc3c(c2C(=O)O)O[B-](O)(O)CC3)C1.CN(C)C(=O)COCC(C)(N)CN1CC(Oc2ccc3c(c2C(=O)O)O[B-](O)(O)CC3)C1.[Na+].[Na+]. The minimum atomic E-state index is -3.09. The molecule has 4 aliphatic rings. The van der Waals surface area contributed by atoms with Crippen LogP contribution in [0.2, 0.25) is 12.6 Å². The molecule has 10 N–H and O–H groups in total. The quantitative estimate of drug-likeness (QED) is 0.0644. The topological polar surface area (TPSA) is 310 Å². The number of hydrogen-bond donors (Lipinski definition) is 8. The van der Waals surface area contributed by atoms with Crippen LogP contribution in [0.25, 0.3) is 0 Å². The van der Waals surface area contributed by atoms with Crippen LogP contribution >= 0.6 is 0 Å². The number of carboxylic acid groups (broad SMARTS) is 2. The number of carbonyl (C=O) groups excluding carboxylic acids is 2. The number of likely N-dealkylation sites (tertiary alicyclic amines) is 2. The van der Waals surface area contributed by atoms with E-state index in [2.05, 4.69) is 0 Å². The third-order valence-electron chi connectivity index (χ3n) is 10.9. The van der Waals surface area contributed by atoms with Crippen molar-refractivity contribution in [2.45, 2.75) is 62.6 Å². The maximum Gasteiger partial charge on any atom is 1.00 e. The van der Waals surface area contributed by atoms with E-state index in [4.69, 9.17) is 39.7 Å². The van der Waals surface area contributed by atoms with Crippen LogP contribution in [-0.4, -0.2) is 204 Å². The summed E-state index contributed by atoms with van der Waals surface area (Å²) < 4.78 is 33.0. The van der Waals surface area contributed by atoms with E-state index in [1.807, 2.05) is 23.6 Å². The average Bonchev–Trinajstić information content (AvgIpc) is 3.14. The fourth-order valence-electron chi connectivity index (χ4n) is 7.59. The molecular weight excluding hydrogens is 888 g/mol. The van der Waals surface area contributed by atoms with E-state index in [9.17, 15) is 49.5 Å². The number of nitrogens with two attached hydrogens (primary N) is 2. The molecule has 2 amide bonds. The number of carbonyl (C=O) groups is 4. The number of ether oxygens (including phenoxy) is 4. The summed E-state index contributed by atoms with van der Waals surface area (Å²) in [5, 5.41) is 58.7. The van der Waals surface area contributed by atoms with E-state index in [0.29, 0.717) is 63.2 Å². The summed E-state index contributed by atoms with van der Waals surface area (Å²) >= 11 is 0. The smallest absolute Gasteiger partial charge is 0.669 e. The van der Waals surface area contributed by atoms with Gasteiger partial charge in [0.15, 0.2) is 0 Å². The Morgan fingerprint density at radius 3 is 1.30 bits per heavy atom. The van der Waals surface area contributed by atoms with Gasteiger partial charge in [-0.05, 0) is 49.9 Å². The minimum Gasteiger partial charge on any atom is -0.669 e. The first-order valence-corrected chi connectivity index (χ1v) is 21.0. The van der Waals surface area contributed by atoms with Gasteiger partial charge in [-0.25, -0.2) is 9.59 Å². The molecule has 2 unspecified atom stereocenters. The molecule has 66 heavy (non-hydrogen) atoms. The molecule has 22 nitrogen and oxygen atoms in total. The zero-order valence-corrected chi connectivity index (χ0v) is 43.2. The van der Waals surface area contributed by atoms with Crippen LogP contribution in [0, 0.1) is 0 Å². The fraction of sp³-hybridized carbons (Fsp3) is 0.600. The summed E-state index contributed by atoms with van der Waals surface area (Å²) in [6, 6.07) is 6.52. The molecular formula is C40H62B2N6Na2O16. The third kappa shape index (κ3) is 16.2. The van der Waals surface area contributed by atoms with Gasteiger partial charge < -0.3 is 79.8 Å². The number of benzene rings is 2. The van der Waals surface area contributed by atoms with E-state index < -0.39 is 36.5 Å². The monoisotopic (exact) mass is 950 g/mol.